The first-order chi connectivity index (χ1) is 15.7. The summed E-state index contributed by atoms with van der Waals surface area (Å²) >= 11 is 0. The maximum atomic E-state index is 12.4. The lowest BCUT2D eigenvalue weighted by Gasteiger charge is -2.04. The van der Waals surface area contributed by atoms with Gasteiger partial charge in [-0.05, 0) is 35.4 Å². The summed E-state index contributed by atoms with van der Waals surface area (Å²) < 4.78 is 6.99. The molecule has 0 unspecified atom stereocenters. The van der Waals surface area contributed by atoms with E-state index in [4.69, 9.17) is 9.84 Å². The highest BCUT2D eigenvalue weighted by atomic mass is 16.5. The fourth-order valence-electron chi connectivity index (χ4n) is 3.22. The third kappa shape index (κ3) is 5.46. The van der Waals surface area contributed by atoms with E-state index in [0.29, 0.717) is 19.0 Å². The molecule has 4 rings (SSSR count). The fourth-order valence-corrected chi connectivity index (χ4v) is 3.22. The van der Waals surface area contributed by atoms with Gasteiger partial charge in [0.05, 0.1) is 13.7 Å². The molecule has 0 radical (unpaired) electrons. The largest absolute Gasteiger partial charge is 0.481 e. The van der Waals surface area contributed by atoms with Crippen molar-refractivity contribution in [2.45, 2.75) is 13.1 Å². The van der Waals surface area contributed by atoms with Crippen molar-refractivity contribution >= 4 is 12.0 Å². The van der Waals surface area contributed by atoms with Crippen molar-refractivity contribution in [3.63, 3.8) is 0 Å². The van der Waals surface area contributed by atoms with Crippen LogP contribution in [0.25, 0.3) is 17.3 Å². The van der Waals surface area contributed by atoms with Gasteiger partial charge < -0.3 is 10.1 Å². The number of nitrogens with zero attached hydrogens (tertiary/aromatic N) is 4. The van der Waals surface area contributed by atoms with Gasteiger partial charge in [-0.15, -0.1) is 0 Å². The van der Waals surface area contributed by atoms with Crippen LogP contribution < -0.4 is 10.1 Å². The maximum Gasteiger partial charge on any atom is 0.244 e. The lowest BCUT2D eigenvalue weighted by Crippen LogP contribution is -2.20. The first-order valence-electron chi connectivity index (χ1n) is 10.2. The number of benzene rings is 1. The smallest absolute Gasteiger partial charge is 0.244 e. The molecule has 0 bridgehead atoms. The topological polar surface area (TPSA) is 81.9 Å². The first-order valence-corrected chi connectivity index (χ1v) is 10.2. The third-order valence-corrected chi connectivity index (χ3v) is 4.80. The Kier molecular flexibility index (Phi) is 6.67. The molecule has 0 fully saturated rings. The number of hydrogen-bond donors (Lipinski definition) is 1. The van der Waals surface area contributed by atoms with Gasteiger partial charge in [0.15, 0.2) is 0 Å². The molecule has 0 aliphatic rings. The molecule has 3 heterocycles. The lowest BCUT2D eigenvalue weighted by atomic mass is 10.1. The number of nitrogens with one attached hydrogen (secondary N) is 1. The SMILES string of the molecule is COc1cc(CNC(=O)/C=C/c2cn(Cc3ccccc3)nc2-c2cccnc2)ccn1. The quantitative estimate of drug-likeness (QED) is 0.435. The highest BCUT2D eigenvalue weighted by Crippen LogP contribution is 2.23. The van der Waals surface area contributed by atoms with Crippen molar-refractivity contribution in [1.82, 2.24) is 25.1 Å². The molecule has 160 valence electrons. The highest BCUT2D eigenvalue weighted by Gasteiger charge is 2.10. The normalized spacial score (nSPS) is 10.9. The minimum Gasteiger partial charge on any atom is -0.481 e. The Balaban J connectivity index is 1.50. The van der Waals surface area contributed by atoms with Gasteiger partial charge in [-0.2, -0.15) is 5.10 Å². The number of methoxy groups -OCH3 is 1. The number of ether oxygens (including phenoxy) is 1. The van der Waals surface area contributed by atoms with Crippen LogP contribution in [0.2, 0.25) is 0 Å². The van der Waals surface area contributed by atoms with Gasteiger partial charge in [-0.1, -0.05) is 30.3 Å². The molecule has 1 N–H and O–H groups in total. The minimum atomic E-state index is -0.200. The number of carbonyl (C=O) groups excluding carboxylic acids is 1. The van der Waals surface area contributed by atoms with Crippen molar-refractivity contribution in [3.8, 4) is 17.1 Å². The predicted molar refractivity (Wildman–Crippen MR) is 123 cm³/mol. The van der Waals surface area contributed by atoms with E-state index in [-0.39, 0.29) is 5.91 Å². The van der Waals surface area contributed by atoms with Crippen LogP contribution in [0.4, 0.5) is 0 Å². The molecule has 7 heteroatoms. The van der Waals surface area contributed by atoms with Gasteiger partial charge in [0, 0.05) is 54.6 Å². The summed E-state index contributed by atoms with van der Waals surface area (Å²) in [6.07, 6.45) is 10.4. The van der Waals surface area contributed by atoms with E-state index in [1.54, 1.807) is 37.8 Å². The third-order valence-electron chi connectivity index (χ3n) is 4.80. The van der Waals surface area contributed by atoms with Crippen molar-refractivity contribution in [3.05, 3.63) is 102 Å². The second kappa shape index (κ2) is 10.2. The zero-order valence-electron chi connectivity index (χ0n) is 17.7. The monoisotopic (exact) mass is 425 g/mol. The average molecular weight is 425 g/mol. The first kappa shape index (κ1) is 21.0. The Labute approximate surface area is 186 Å². The standard InChI is InChI=1S/C25H23N5O2/c1-32-24-14-20(11-13-27-24)15-28-23(31)10-9-22-18-30(17-19-6-3-2-4-7-19)29-25(22)21-8-5-12-26-16-21/h2-14,16,18H,15,17H2,1H3,(H,28,31)/b10-9+. The number of rotatable bonds is 8. The van der Waals surface area contributed by atoms with Crippen molar-refractivity contribution in [2.24, 2.45) is 0 Å². The van der Waals surface area contributed by atoms with Gasteiger partial charge in [-0.3, -0.25) is 14.5 Å². The Hall–Kier alpha value is -4.26. The summed E-state index contributed by atoms with van der Waals surface area (Å²) in [6.45, 7) is 1.02. The van der Waals surface area contributed by atoms with Crippen LogP contribution in [0, 0.1) is 0 Å². The van der Waals surface area contributed by atoms with E-state index in [1.807, 2.05) is 47.3 Å². The number of amides is 1. The Morgan fingerprint density at radius 2 is 1.97 bits per heavy atom. The summed E-state index contributed by atoms with van der Waals surface area (Å²) in [5.74, 6) is 0.313. The van der Waals surface area contributed by atoms with E-state index in [2.05, 4.69) is 27.4 Å². The van der Waals surface area contributed by atoms with E-state index in [1.165, 1.54) is 6.08 Å². The Bertz CT molecular complexity index is 1200. The molecule has 0 saturated carbocycles. The Morgan fingerprint density at radius 1 is 1.09 bits per heavy atom. The second-order valence-corrected chi connectivity index (χ2v) is 7.12. The molecule has 1 aromatic carbocycles. The molecule has 3 aromatic heterocycles. The van der Waals surface area contributed by atoms with Crippen molar-refractivity contribution < 1.29 is 9.53 Å². The number of pyridine rings is 2. The van der Waals surface area contributed by atoms with Crippen LogP contribution in [-0.4, -0.2) is 32.8 Å². The summed E-state index contributed by atoms with van der Waals surface area (Å²) in [5.41, 5.74) is 4.56. The highest BCUT2D eigenvalue weighted by molar-refractivity contribution is 5.92. The van der Waals surface area contributed by atoms with Crippen LogP contribution in [0.15, 0.2) is 85.5 Å². The average Bonchev–Trinajstić information content (AvgIpc) is 3.25. The van der Waals surface area contributed by atoms with E-state index < -0.39 is 0 Å². The van der Waals surface area contributed by atoms with Crippen LogP contribution in [0.3, 0.4) is 0 Å². The molecule has 4 aromatic rings. The summed E-state index contributed by atoms with van der Waals surface area (Å²) in [5, 5.41) is 7.62. The molecule has 32 heavy (non-hydrogen) atoms. The molecule has 0 saturated heterocycles. The van der Waals surface area contributed by atoms with E-state index >= 15 is 0 Å². The molecular weight excluding hydrogens is 402 g/mol. The van der Waals surface area contributed by atoms with Crippen molar-refractivity contribution in [2.75, 3.05) is 7.11 Å². The van der Waals surface area contributed by atoms with Gasteiger partial charge in [0.25, 0.3) is 0 Å². The van der Waals surface area contributed by atoms with Crippen LogP contribution in [0.5, 0.6) is 5.88 Å². The van der Waals surface area contributed by atoms with Crippen LogP contribution in [0.1, 0.15) is 16.7 Å². The zero-order valence-corrected chi connectivity index (χ0v) is 17.7. The van der Waals surface area contributed by atoms with Gasteiger partial charge in [0.1, 0.15) is 5.69 Å². The summed E-state index contributed by atoms with van der Waals surface area (Å²) in [6, 6.07) is 17.6. The molecule has 0 atom stereocenters. The van der Waals surface area contributed by atoms with Crippen molar-refractivity contribution in [1.29, 1.82) is 0 Å². The van der Waals surface area contributed by atoms with E-state index in [0.717, 1.165) is 27.9 Å². The fraction of sp³-hybridized carbons (Fsp3) is 0.120. The zero-order chi connectivity index (χ0) is 22.2. The molecule has 0 aliphatic carbocycles. The van der Waals surface area contributed by atoms with E-state index in [9.17, 15) is 4.79 Å². The summed E-state index contributed by atoms with van der Waals surface area (Å²) in [7, 11) is 1.56. The van der Waals surface area contributed by atoms with Gasteiger partial charge in [-0.25, -0.2) is 4.98 Å². The Morgan fingerprint density at radius 3 is 2.75 bits per heavy atom. The minimum absolute atomic E-state index is 0.200. The predicted octanol–water partition coefficient (Wildman–Crippen LogP) is 3.73. The van der Waals surface area contributed by atoms with Crippen LogP contribution in [-0.2, 0) is 17.9 Å². The number of aromatic nitrogens is 4. The molecular formula is C25H23N5O2. The van der Waals surface area contributed by atoms with Crippen LogP contribution >= 0.6 is 0 Å². The summed E-state index contributed by atoms with van der Waals surface area (Å²) in [4.78, 5) is 20.7. The molecule has 0 aliphatic heterocycles. The van der Waals surface area contributed by atoms with Gasteiger partial charge in [0.2, 0.25) is 11.8 Å². The number of hydrogen-bond acceptors (Lipinski definition) is 5. The molecule has 7 nitrogen and oxygen atoms in total. The van der Waals surface area contributed by atoms with Gasteiger partial charge >= 0.3 is 0 Å². The lowest BCUT2D eigenvalue weighted by molar-refractivity contribution is -0.116. The molecule has 0 spiro atoms. The molecule has 1 amide bonds. The maximum absolute atomic E-state index is 12.4. The number of carbonyl (C=O) groups is 1. The second-order valence-electron chi connectivity index (χ2n) is 7.12.